The topological polar surface area (TPSA) is 99.3 Å². The molecule has 1 aliphatic rings. The lowest BCUT2D eigenvalue weighted by Crippen LogP contribution is -2.41. The molecule has 2 atom stereocenters. The summed E-state index contributed by atoms with van der Waals surface area (Å²) in [5, 5.41) is 17.7. The van der Waals surface area contributed by atoms with E-state index >= 15 is 0 Å². The van der Waals surface area contributed by atoms with Gasteiger partial charge in [-0.25, -0.2) is 0 Å². The molecule has 2 unspecified atom stereocenters. The third-order valence-electron chi connectivity index (χ3n) is 3.47. The molecule has 2 rings (SSSR count). The highest BCUT2D eigenvalue weighted by molar-refractivity contribution is 5.97. The number of carbonyl (C=O) groups is 1. The Morgan fingerprint density at radius 2 is 2.35 bits per heavy atom. The van der Waals surface area contributed by atoms with E-state index in [1.54, 1.807) is 0 Å². The van der Waals surface area contributed by atoms with E-state index in [0.29, 0.717) is 6.61 Å². The normalized spacial score (nSPS) is 19.9. The Kier molecular flexibility index (Phi) is 4.03. The number of aromatic nitrogens is 2. The first-order chi connectivity index (χ1) is 9.41. The Balaban J connectivity index is 2.18. The molecule has 0 aromatic carbocycles. The monoisotopic (exact) mass is 282 g/mol. The van der Waals surface area contributed by atoms with Crippen LogP contribution in [-0.2, 0) is 11.8 Å². The molecule has 0 aliphatic carbocycles. The van der Waals surface area contributed by atoms with Crippen LogP contribution in [0.15, 0.2) is 0 Å². The fraction of sp³-hybridized carbons (Fsp3) is 0.667. The summed E-state index contributed by atoms with van der Waals surface area (Å²) < 4.78 is 6.73. The van der Waals surface area contributed by atoms with E-state index in [1.165, 1.54) is 18.7 Å². The van der Waals surface area contributed by atoms with Crippen molar-refractivity contribution in [3.8, 4) is 0 Å². The molecule has 1 amide bonds. The van der Waals surface area contributed by atoms with Gasteiger partial charge < -0.3 is 10.1 Å². The summed E-state index contributed by atoms with van der Waals surface area (Å²) in [6.07, 6.45) is 1.82. The maximum absolute atomic E-state index is 12.2. The molecule has 0 bridgehead atoms. The Morgan fingerprint density at radius 1 is 1.65 bits per heavy atom. The van der Waals surface area contributed by atoms with Crippen LogP contribution in [0.4, 0.5) is 5.69 Å². The van der Waals surface area contributed by atoms with Crippen LogP contribution in [-0.4, -0.2) is 39.4 Å². The van der Waals surface area contributed by atoms with Crippen molar-refractivity contribution in [3.05, 3.63) is 21.5 Å². The van der Waals surface area contributed by atoms with Gasteiger partial charge in [0.05, 0.1) is 17.1 Å². The third kappa shape index (κ3) is 2.64. The van der Waals surface area contributed by atoms with E-state index in [2.05, 4.69) is 10.4 Å². The summed E-state index contributed by atoms with van der Waals surface area (Å²) in [4.78, 5) is 22.7. The predicted molar refractivity (Wildman–Crippen MR) is 70.5 cm³/mol. The summed E-state index contributed by atoms with van der Waals surface area (Å²) in [7, 11) is 1.52. The lowest BCUT2D eigenvalue weighted by Gasteiger charge is -2.19. The summed E-state index contributed by atoms with van der Waals surface area (Å²) in [6, 6.07) is -0.195. The van der Waals surface area contributed by atoms with E-state index in [1.807, 2.05) is 6.92 Å². The van der Waals surface area contributed by atoms with Crippen molar-refractivity contribution < 1.29 is 14.5 Å². The van der Waals surface area contributed by atoms with Crippen LogP contribution >= 0.6 is 0 Å². The Labute approximate surface area is 116 Å². The minimum Gasteiger partial charge on any atom is -0.376 e. The number of carbonyl (C=O) groups excluding carboxylic acids is 1. The fourth-order valence-corrected chi connectivity index (χ4v) is 2.49. The highest BCUT2D eigenvalue weighted by Crippen LogP contribution is 2.23. The van der Waals surface area contributed by atoms with Crippen molar-refractivity contribution in [1.29, 1.82) is 0 Å². The Morgan fingerprint density at radius 3 is 2.90 bits per heavy atom. The minimum atomic E-state index is -0.575. The van der Waals surface area contributed by atoms with Gasteiger partial charge in [-0.15, -0.1) is 0 Å². The van der Waals surface area contributed by atoms with Crippen LogP contribution in [0.25, 0.3) is 0 Å². The number of nitro groups is 1. The molecule has 0 spiro atoms. The molecule has 1 fully saturated rings. The highest BCUT2D eigenvalue weighted by atomic mass is 16.6. The minimum absolute atomic E-state index is 0.0302. The van der Waals surface area contributed by atoms with E-state index in [-0.39, 0.29) is 29.2 Å². The van der Waals surface area contributed by atoms with Crippen molar-refractivity contribution in [2.24, 2.45) is 7.05 Å². The highest BCUT2D eigenvalue weighted by Gasteiger charge is 2.31. The molecule has 1 saturated heterocycles. The standard InChI is InChI=1S/C12H18N4O4/c1-7(9-5-4-6-20-9)13-12(17)11-10(16(18)19)8(2)14-15(11)3/h7,9H,4-6H2,1-3H3,(H,13,17). The molecule has 1 N–H and O–H groups in total. The van der Waals surface area contributed by atoms with Crippen LogP contribution in [0.3, 0.4) is 0 Å². The van der Waals surface area contributed by atoms with Crippen molar-refractivity contribution in [2.45, 2.75) is 38.8 Å². The average Bonchev–Trinajstić information content (AvgIpc) is 2.96. The van der Waals surface area contributed by atoms with Gasteiger partial charge in [-0.3, -0.25) is 19.6 Å². The van der Waals surface area contributed by atoms with Gasteiger partial charge in [0.2, 0.25) is 5.69 Å². The molecule has 8 heteroatoms. The maximum Gasteiger partial charge on any atom is 0.322 e. The fourth-order valence-electron chi connectivity index (χ4n) is 2.49. The summed E-state index contributed by atoms with van der Waals surface area (Å²) >= 11 is 0. The van der Waals surface area contributed by atoms with Gasteiger partial charge in [-0.05, 0) is 26.7 Å². The predicted octanol–water partition coefficient (Wildman–Crippen LogP) is 0.934. The Bertz CT molecular complexity index is 534. The van der Waals surface area contributed by atoms with E-state index in [0.717, 1.165) is 12.8 Å². The SMILES string of the molecule is Cc1nn(C)c(C(=O)NC(C)C2CCCO2)c1[N+](=O)[O-]. The second kappa shape index (κ2) is 5.58. The van der Waals surface area contributed by atoms with Gasteiger partial charge in [0.25, 0.3) is 5.91 Å². The van der Waals surface area contributed by atoms with E-state index < -0.39 is 10.8 Å². The van der Waals surface area contributed by atoms with Gasteiger partial charge in [-0.2, -0.15) is 5.10 Å². The molecule has 20 heavy (non-hydrogen) atoms. The second-order valence-electron chi connectivity index (χ2n) is 4.98. The summed E-state index contributed by atoms with van der Waals surface area (Å²) in [5.41, 5.74) is -0.0469. The summed E-state index contributed by atoms with van der Waals surface area (Å²) in [6.45, 7) is 4.04. The smallest absolute Gasteiger partial charge is 0.322 e. The molecule has 1 aliphatic heterocycles. The van der Waals surface area contributed by atoms with Gasteiger partial charge in [0, 0.05) is 13.7 Å². The molecule has 0 radical (unpaired) electrons. The first kappa shape index (κ1) is 14.4. The quantitative estimate of drug-likeness (QED) is 0.654. The molecule has 2 heterocycles. The van der Waals surface area contributed by atoms with Crippen molar-refractivity contribution in [3.63, 3.8) is 0 Å². The number of nitrogens with one attached hydrogen (secondary N) is 1. The lowest BCUT2D eigenvalue weighted by molar-refractivity contribution is -0.385. The van der Waals surface area contributed by atoms with Crippen molar-refractivity contribution in [1.82, 2.24) is 15.1 Å². The maximum atomic E-state index is 12.2. The zero-order valence-corrected chi connectivity index (χ0v) is 11.8. The van der Waals surface area contributed by atoms with Crippen LogP contribution < -0.4 is 5.32 Å². The number of hydrogen-bond acceptors (Lipinski definition) is 5. The van der Waals surface area contributed by atoms with Gasteiger partial charge >= 0.3 is 5.69 Å². The largest absolute Gasteiger partial charge is 0.376 e. The van der Waals surface area contributed by atoms with Gasteiger partial charge in [-0.1, -0.05) is 0 Å². The lowest BCUT2D eigenvalue weighted by atomic mass is 10.1. The van der Waals surface area contributed by atoms with Crippen LogP contribution in [0.1, 0.15) is 35.9 Å². The van der Waals surface area contributed by atoms with Gasteiger partial charge in [0.15, 0.2) is 0 Å². The van der Waals surface area contributed by atoms with Crippen LogP contribution in [0, 0.1) is 17.0 Å². The number of rotatable bonds is 4. The molecule has 1 aromatic heterocycles. The molecule has 110 valence electrons. The number of nitrogens with zero attached hydrogens (tertiary/aromatic N) is 3. The number of amides is 1. The van der Waals surface area contributed by atoms with E-state index in [4.69, 9.17) is 4.74 Å². The zero-order valence-electron chi connectivity index (χ0n) is 11.8. The van der Waals surface area contributed by atoms with Crippen LogP contribution in [0.2, 0.25) is 0 Å². The number of aryl methyl sites for hydroxylation is 2. The van der Waals surface area contributed by atoms with E-state index in [9.17, 15) is 14.9 Å². The molecule has 1 aromatic rings. The average molecular weight is 282 g/mol. The number of hydrogen-bond donors (Lipinski definition) is 1. The van der Waals surface area contributed by atoms with Crippen molar-refractivity contribution in [2.75, 3.05) is 6.61 Å². The number of ether oxygens (including phenoxy) is 1. The van der Waals surface area contributed by atoms with Gasteiger partial charge in [0.1, 0.15) is 5.69 Å². The first-order valence-corrected chi connectivity index (χ1v) is 6.52. The first-order valence-electron chi connectivity index (χ1n) is 6.52. The van der Waals surface area contributed by atoms with Crippen molar-refractivity contribution >= 4 is 11.6 Å². The second-order valence-corrected chi connectivity index (χ2v) is 4.98. The molecular formula is C12H18N4O4. The Hall–Kier alpha value is -1.96. The zero-order chi connectivity index (χ0) is 14.9. The molecule has 8 nitrogen and oxygen atoms in total. The summed E-state index contributed by atoms with van der Waals surface area (Å²) in [5.74, 6) is -0.497. The molecule has 0 saturated carbocycles. The third-order valence-corrected chi connectivity index (χ3v) is 3.47. The molecular weight excluding hydrogens is 264 g/mol. The van der Waals surface area contributed by atoms with Crippen LogP contribution in [0.5, 0.6) is 0 Å².